The van der Waals surface area contributed by atoms with Crippen molar-refractivity contribution in [2.24, 2.45) is 5.92 Å². The number of rotatable bonds is 2. The minimum Gasteiger partial charge on any atom is -0.342 e. The summed E-state index contributed by atoms with van der Waals surface area (Å²) in [6, 6.07) is 4.04. The van der Waals surface area contributed by atoms with Gasteiger partial charge in [-0.25, -0.2) is 0 Å². The minimum absolute atomic E-state index is 0.0152. The van der Waals surface area contributed by atoms with Gasteiger partial charge in [-0.1, -0.05) is 20.8 Å². The van der Waals surface area contributed by atoms with Crippen LogP contribution in [-0.4, -0.2) is 68.7 Å². The van der Waals surface area contributed by atoms with E-state index in [1.165, 1.54) is 0 Å². The molecule has 0 aliphatic carbocycles. The van der Waals surface area contributed by atoms with Gasteiger partial charge in [-0.2, -0.15) is 9.61 Å². The van der Waals surface area contributed by atoms with Gasteiger partial charge in [0.15, 0.2) is 11.5 Å². The first-order chi connectivity index (χ1) is 13.3. The number of hydrogen-bond acceptors (Lipinski definition) is 5. The molecular weight excluding hydrogens is 352 g/mol. The van der Waals surface area contributed by atoms with Crippen molar-refractivity contribution in [1.29, 1.82) is 0 Å². The molecule has 0 spiro atoms. The lowest BCUT2D eigenvalue weighted by Crippen LogP contribution is -2.46. The quantitative estimate of drug-likeness (QED) is 0.796. The second-order valence-corrected chi connectivity index (χ2v) is 9.50. The third-order valence-corrected chi connectivity index (χ3v) is 6.20. The van der Waals surface area contributed by atoms with Crippen LogP contribution in [0.15, 0.2) is 12.1 Å². The van der Waals surface area contributed by atoms with Crippen LogP contribution in [0.3, 0.4) is 0 Å². The predicted octanol–water partition coefficient (Wildman–Crippen LogP) is 2.47. The molecule has 4 rings (SSSR count). The van der Waals surface area contributed by atoms with Crippen molar-refractivity contribution in [2.75, 3.05) is 33.2 Å². The van der Waals surface area contributed by atoms with Gasteiger partial charge in [0.25, 0.3) is 0 Å². The molecule has 2 saturated heterocycles. The number of hydrogen-bond donors (Lipinski definition) is 0. The molecule has 0 bridgehead atoms. The van der Waals surface area contributed by atoms with Gasteiger partial charge in [0.1, 0.15) is 0 Å². The topological polar surface area (TPSA) is 66.6 Å². The van der Waals surface area contributed by atoms with Gasteiger partial charge in [0.2, 0.25) is 5.91 Å². The summed E-state index contributed by atoms with van der Waals surface area (Å²) in [6.07, 6.45) is 4.00. The van der Waals surface area contributed by atoms with Crippen molar-refractivity contribution >= 4 is 11.6 Å². The second-order valence-electron chi connectivity index (χ2n) is 9.50. The van der Waals surface area contributed by atoms with Crippen LogP contribution >= 0.6 is 0 Å². The molecule has 2 aromatic heterocycles. The maximum absolute atomic E-state index is 12.9. The Balaban J connectivity index is 1.46. The molecule has 152 valence electrons. The number of piperidine rings is 2. The summed E-state index contributed by atoms with van der Waals surface area (Å²) in [6.45, 7) is 10.1. The Labute approximate surface area is 167 Å². The summed E-state index contributed by atoms with van der Waals surface area (Å²) >= 11 is 0. The zero-order valence-corrected chi connectivity index (χ0v) is 17.6. The molecule has 0 N–H and O–H groups in total. The normalized spacial score (nSPS) is 22.7. The number of fused-ring (bicyclic) bond motifs is 1. The lowest BCUT2D eigenvalue weighted by molar-refractivity contribution is -0.138. The average molecular weight is 385 g/mol. The molecule has 28 heavy (non-hydrogen) atoms. The molecule has 2 aliphatic heterocycles. The molecule has 2 fully saturated rings. The summed E-state index contributed by atoms with van der Waals surface area (Å²) in [4.78, 5) is 17.3. The summed E-state index contributed by atoms with van der Waals surface area (Å²) in [5, 5.41) is 13.6. The highest BCUT2D eigenvalue weighted by Crippen LogP contribution is 2.29. The molecule has 1 atom stereocenters. The van der Waals surface area contributed by atoms with Crippen LogP contribution in [0, 0.1) is 5.92 Å². The van der Waals surface area contributed by atoms with E-state index >= 15 is 0 Å². The van der Waals surface area contributed by atoms with Gasteiger partial charge in [-0.05, 0) is 51.4 Å². The zero-order chi connectivity index (χ0) is 19.9. The predicted molar refractivity (Wildman–Crippen MR) is 108 cm³/mol. The molecule has 4 heterocycles. The number of carbonyl (C=O) groups excluding carboxylic acids is 1. The first-order valence-corrected chi connectivity index (χ1v) is 10.5. The maximum atomic E-state index is 12.9. The van der Waals surface area contributed by atoms with Gasteiger partial charge in [-0.15, -0.1) is 10.2 Å². The van der Waals surface area contributed by atoms with E-state index in [9.17, 15) is 4.79 Å². The van der Waals surface area contributed by atoms with E-state index in [0.717, 1.165) is 69.0 Å². The van der Waals surface area contributed by atoms with Crippen LogP contribution < -0.4 is 0 Å². The molecule has 1 unspecified atom stereocenters. The van der Waals surface area contributed by atoms with Crippen molar-refractivity contribution in [3.8, 4) is 0 Å². The van der Waals surface area contributed by atoms with E-state index in [4.69, 9.17) is 5.10 Å². The third kappa shape index (κ3) is 3.77. The standard InChI is InChI=1S/C21H32N6O/c1-21(2,3)17-7-8-18-22-23-19(27(18)24-17)15-9-12-26(13-10-15)20(28)16-6-5-11-25(4)14-16/h7-8,15-16H,5-6,9-14H2,1-4H3. The van der Waals surface area contributed by atoms with E-state index in [1.807, 2.05) is 16.6 Å². The highest BCUT2D eigenvalue weighted by Gasteiger charge is 2.32. The first-order valence-electron chi connectivity index (χ1n) is 10.5. The zero-order valence-electron chi connectivity index (χ0n) is 17.6. The fourth-order valence-electron chi connectivity index (χ4n) is 4.44. The number of nitrogens with zero attached hydrogens (tertiary/aromatic N) is 6. The third-order valence-electron chi connectivity index (χ3n) is 6.20. The van der Waals surface area contributed by atoms with E-state index < -0.39 is 0 Å². The second kappa shape index (κ2) is 7.43. The van der Waals surface area contributed by atoms with Crippen molar-refractivity contribution in [1.82, 2.24) is 29.6 Å². The number of likely N-dealkylation sites (tertiary alicyclic amines) is 2. The minimum atomic E-state index is -0.0152. The van der Waals surface area contributed by atoms with Gasteiger partial charge in [0, 0.05) is 31.0 Å². The molecule has 0 radical (unpaired) electrons. The van der Waals surface area contributed by atoms with Crippen LogP contribution in [0.25, 0.3) is 5.65 Å². The number of aromatic nitrogens is 4. The van der Waals surface area contributed by atoms with Crippen LogP contribution in [0.4, 0.5) is 0 Å². The lowest BCUT2D eigenvalue weighted by Gasteiger charge is -2.36. The van der Waals surface area contributed by atoms with Crippen molar-refractivity contribution in [3.05, 3.63) is 23.7 Å². The smallest absolute Gasteiger partial charge is 0.226 e. The molecule has 7 heteroatoms. The Morgan fingerprint density at radius 1 is 1.07 bits per heavy atom. The number of amides is 1. The molecule has 1 amide bonds. The van der Waals surface area contributed by atoms with E-state index in [2.05, 4.69) is 47.8 Å². The maximum Gasteiger partial charge on any atom is 0.226 e. The van der Waals surface area contributed by atoms with Crippen LogP contribution in [0.5, 0.6) is 0 Å². The molecule has 0 aromatic carbocycles. The fraction of sp³-hybridized carbons (Fsp3) is 0.714. The lowest BCUT2D eigenvalue weighted by atomic mass is 9.92. The Kier molecular flexibility index (Phi) is 5.12. The Bertz CT molecular complexity index is 846. The average Bonchev–Trinajstić information content (AvgIpc) is 3.10. The Morgan fingerprint density at radius 2 is 1.82 bits per heavy atom. The molecular formula is C21H32N6O. The van der Waals surface area contributed by atoms with Crippen LogP contribution in [0.1, 0.15) is 63.9 Å². The van der Waals surface area contributed by atoms with Gasteiger partial charge in [-0.3, -0.25) is 4.79 Å². The Hall–Kier alpha value is -2.02. The fourth-order valence-corrected chi connectivity index (χ4v) is 4.44. The van der Waals surface area contributed by atoms with E-state index in [1.54, 1.807) is 0 Å². The summed E-state index contributed by atoms with van der Waals surface area (Å²) in [5.41, 5.74) is 1.82. The molecule has 0 saturated carbocycles. The van der Waals surface area contributed by atoms with Crippen molar-refractivity contribution in [3.63, 3.8) is 0 Å². The highest BCUT2D eigenvalue weighted by atomic mass is 16.2. The van der Waals surface area contributed by atoms with E-state index in [0.29, 0.717) is 11.8 Å². The monoisotopic (exact) mass is 384 g/mol. The van der Waals surface area contributed by atoms with Crippen molar-refractivity contribution < 1.29 is 4.79 Å². The SMILES string of the molecule is CN1CCCC(C(=O)N2CCC(c3nnc4ccc(C(C)(C)C)nn34)CC2)C1. The summed E-state index contributed by atoms with van der Waals surface area (Å²) in [7, 11) is 2.11. The van der Waals surface area contributed by atoms with Crippen LogP contribution in [-0.2, 0) is 10.2 Å². The van der Waals surface area contributed by atoms with E-state index in [-0.39, 0.29) is 11.3 Å². The summed E-state index contributed by atoms with van der Waals surface area (Å²) in [5.74, 6) is 1.74. The number of carbonyl (C=O) groups is 1. The van der Waals surface area contributed by atoms with Crippen molar-refractivity contribution in [2.45, 2.75) is 57.8 Å². The largest absolute Gasteiger partial charge is 0.342 e. The Morgan fingerprint density at radius 3 is 2.50 bits per heavy atom. The van der Waals surface area contributed by atoms with Gasteiger partial charge >= 0.3 is 0 Å². The highest BCUT2D eigenvalue weighted by molar-refractivity contribution is 5.79. The van der Waals surface area contributed by atoms with Crippen LogP contribution in [0.2, 0.25) is 0 Å². The summed E-state index contributed by atoms with van der Waals surface area (Å²) < 4.78 is 1.92. The molecule has 2 aliphatic rings. The first kappa shape index (κ1) is 19.3. The van der Waals surface area contributed by atoms with Gasteiger partial charge in [0.05, 0.1) is 11.6 Å². The molecule has 7 nitrogen and oxygen atoms in total. The van der Waals surface area contributed by atoms with Gasteiger partial charge < -0.3 is 9.80 Å². The molecule has 2 aromatic rings.